The number of rotatable bonds is 4. The lowest BCUT2D eigenvalue weighted by Gasteiger charge is -2.01. The molecule has 0 amide bonds. The summed E-state index contributed by atoms with van der Waals surface area (Å²) < 4.78 is 4.35. The Bertz CT molecular complexity index is 881. The van der Waals surface area contributed by atoms with E-state index in [1.54, 1.807) is 0 Å². The average Bonchev–Trinajstić information content (AvgIpc) is 2.90. The van der Waals surface area contributed by atoms with Gasteiger partial charge in [-0.1, -0.05) is 72.8 Å². The van der Waals surface area contributed by atoms with Gasteiger partial charge in [0.1, 0.15) is 13.1 Å². The molecule has 1 heterocycles. The Hall–Kier alpha value is -2.58. The smallest absolute Gasteiger partial charge is 0.208 e. The second-order valence-corrected chi connectivity index (χ2v) is 6.24. The minimum atomic E-state index is 0.754. The van der Waals surface area contributed by atoms with Crippen LogP contribution in [0.2, 0.25) is 5.28 Å². The molecule has 0 aliphatic rings. The van der Waals surface area contributed by atoms with Crippen LogP contribution in [0, 0.1) is 0 Å². The van der Waals surface area contributed by atoms with Crippen molar-refractivity contribution >= 4 is 22.6 Å². The molecule has 3 heteroatoms. The van der Waals surface area contributed by atoms with Crippen molar-refractivity contribution in [2.45, 2.75) is 13.1 Å². The van der Waals surface area contributed by atoms with Crippen LogP contribution in [0.25, 0.3) is 11.0 Å². The fourth-order valence-electron chi connectivity index (χ4n) is 3.10. The molecular formula is C21H18ClN2+. The van der Waals surface area contributed by atoms with Crippen molar-refractivity contribution in [3.63, 3.8) is 0 Å². The standard InChI is InChI=1S/C21H18ClN2/c22-21-23(15-17-9-3-1-4-10-17)19-13-7-8-14-20(19)24(21)16-18-11-5-2-6-12-18/h1-14H,15-16H2/q+1. The van der Waals surface area contributed by atoms with Crippen LogP contribution in [0.4, 0.5) is 0 Å². The van der Waals surface area contributed by atoms with Gasteiger partial charge in [0.2, 0.25) is 0 Å². The highest BCUT2D eigenvalue weighted by Gasteiger charge is 2.23. The van der Waals surface area contributed by atoms with E-state index in [4.69, 9.17) is 11.6 Å². The van der Waals surface area contributed by atoms with Gasteiger partial charge in [-0.05, 0) is 23.3 Å². The Morgan fingerprint density at radius 3 is 2.00 bits per heavy atom. The molecule has 118 valence electrons. The first-order valence-corrected chi connectivity index (χ1v) is 8.45. The minimum Gasteiger partial charge on any atom is -0.208 e. The van der Waals surface area contributed by atoms with Gasteiger partial charge in [-0.3, -0.25) is 0 Å². The van der Waals surface area contributed by atoms with Gasteiger partial charge in [-0.15, -0.1) is 0 Å². The summed E-state index contributed by atoms with van der Waals surface area (Å²) in [4.78, 5) is 0. The van der Waals surface area contributed by atoms with Crippen LogP contribution in [0.1, 0.15) is 11.1 Å². The number of imidazole rings is 1. The van der Waals surface area contributed by atoms with Crippen LogP contribution in [0.5, 0.6) is 0 Å². The summed E-state index contributed by atoms with van der Waals surface area (Å²) in [6, 6.07) is 29.2. The molecule has 0 unspecified atom stereocenters. The molecule has 4 rings (SSSR count). The quantitative estimate of drug-likeness (QED) is 0.479. The molecule has 0 fully saturated rings. The van der Waals surface area contributed by atoms with Gasteiger partial charge < -0.3 is 0 Å². The molecule has 0 N–H and O–H groups in total. The summed E-state index contributed by atoms with van der Waals surface area (Å²) in [6.07, 6.45) is 0. The number of nitrogens with zero attached hydrogens (tertiary/aromatic N) is 2. The third-order valence-corrected chi connectivity index (χ3v) is 4.68. The molecule has 0 atom stereocenters. The van der Waals surface area contributed by atoms with Gasteiger partial charge in [0.25, 0.3) is 0 Å². The highest BCUT2D eigenvalue weighted by atomic mass is 35.5. The number of fused-ring (bicyclic) bond motifs is 1. The number of para-hydroxylation sites is 2. The monoisotopic (exact) mass is 333 g/mol. The molecule has 1 aromatic heterocycles. The van der Waals surface area contributed by atoms with Gasteiger partial charge >= 0.3 is 5.28 Å². The zero-order valence-electron chi connectivity index (χ0n) is 13.3. The van der Waals surface area contributed by atoms with Crippen LogP contribution in [-0.2, 0) is 13.1 Å². The normalized spacial score (nSPS) is 11.0. The lowest BCUT2D eigenvalue weighted by Crippen LogP contribution is -2.35. The lowest BCUT2D eigenvalue weighted by molar-refractivity contribution is -0.660. The van der Waals surface area contributed by atoms with Gasteiger partial charge in [0, 0.05) is 11.6 Å². The summed E-state index contributed by atoms with van der Waals surface area (Å²) in [7, 11) is 0. The van der Waals surface area contributed by atoms with Gasteiger partial charge in [-0.25, -0.2) is 9.13 Å². The predicted octanol–water partition coefficient (Wildman–Crippen LogP) is 4.68. The summed E-state index contributed by atoms with van der Waals surface area (Å²) >= 11 is 6.78. The first kappa shape index (κ1) is 15.0. The molecule has 2 nitrogen and oxygen atoms in total. The second kappa shape index (κ2) is 6.50. The molecule has 3 aromatic carbocycles. The molecule has 0 saturated carbocycles. The van der Waals surface area contributed by atoms with Crippen molar-refractivity contribution in [3.8, 4) is 0 Å². The molecule has 0 aliphatic carbocycles. The zero-order chi connectivity index (χ0) is 16.4. The SMILES string of the molecule is Clc1n(Cc2ccccc2)c2ccccc2[n+]1Cc1ccccc1. The van der Waals surface area contributed by atoms with Crippen LogP contribution >= 0.6 is 11.6 Å². The second-order valence-electron chi connectivity index (χ2n) is 5.90. The third-order valence-electron chi connectivity index (χ3n) is 4.28. The van der Waals surface area contributed by atoms with Crippen LogP contribution < -0.4 is 4.57 Å². The Morgan fingerprint density at radius 2 is 1.29 bits per heavy atom. The lowest BCUT2D eigenvalue weighted by atomic mass is 10.2. The van der Waals surface area contributed by atoms with Crippen molar-refractivity contribution in [2.24, 2.45) is 0 Å². The van der Waals surface area contributed by atoms with E-state index in [2.05, 4.69) is 81.9 Å². The highest BCUT2D eigenvalue weighted by Crippen LogP contribution is 2.20. The third kappa shape index (κ3) is 2.81. The fraction of sp³-hybridized carbons (Fsp3) is 0.0952. The number of hydrogen-bond acceptors (Lipinski definition) is 0. The Kier molecular flexibility index (Phi) is 4.06. The molecule has 0 aliphatic heterocycles. The van der Waals surface area contributed by atoms with E-state index in [9.17, 15) is 0 Å². The first-order valence-electron chi connectivity index (χ1n) is 8.07. The highest BCUT2D eigenvalue weighted by molar-refractivity contribution is 6.28. The van der Waals surface area contributed by atoms with Crippen molar-refractivity contribution in [3.05, 3.63) is 101 Å². The topological polar surface area (TPSA) is 8.81 Å². The summed E-state index contributed by atoms with van der Waals surface area (Å²) in [6.45, 7) is 1.53. The van der Waals surface area contributed by atoms with E-state index < -0.39 is 0 Å². The largest absolute Gasteiger partial charge is 0.356 e. The summed E-state index contributed by atoms with van der Waals surface area (Å²) in [5.74, 6) is 0. The van der Waals surface area contributed by atoms with E-state index in [-0.39, 0.29) is 0 Å². The van der Waals surface area contributed by atoms with Gasteiger partial charge in [0.05, 0.1) is 0 Å². The van der Waals surface area contributed by atoms with E-state index >= 15 is 0 Å². The van der Waals surface area contributed by atoms with E-state index in [1.807, 2.05) is 12.1 Å². The van der Waals surface area contributed by atoms with Crippen molar-refractivity contribution < 1.29 is 4.57 Å². The fourth-order valence-corrected chi connectivity index (χ4v) is 3.40. The molecule has 4 aromatic rings. The van der Waals surface area contributed by atoms with Crippen LogP contribution in [-0.4, -0.2) is 4.57 Å². The maximum atomic E-state index is 6.78. The summed E-state index contributed by atoms with van der Waals surface area (Å²) in [5, 5.41) is 0.754. The molecular weight excluding hydrogens is 316 g/mol. The van der Waals surface area contributed by atoms with E-state index in [0.29, 0.717) is 0 Å². The molecule has 0 saturated heterocycles. The van der Waals surface area contributed by atoms with Crippen molar-refractivity contribution in [1.82, 2.24) is 4.57 Å². The number of aromatic nitrogens is 2. The van der Waals surface area contributed by atoms with E-state index in [1.165, 1.54) is 11.1 Å². The van der Waals surface area contributed by atoms with Crippen molar-refractivity contribution in [2.75, 3.05) is 0 Å². The Balaban J connectivity index is 1.81. The predicted molar refractivity (Wildman–Crippen MR) is 98.2 cm³/mol. The van der Waals surface area contributed by atoms with Gasteiger partial charge in [0.15, 0.2) is 11.0 Å². The van der Waals surface area contributed by atoms with E-state index in [0.717, 1.165) is 29.4 Å². The zero-order valence-corrected chi connectivity index (χ0v) is 14.0. The molecule has 0 spiro atoms. The number of hydrogen-bond donors (Lipinski definition) is 0. The molecule has 0 radical (unpaired) electrons. The van der Waals surface area contributed by atoms with Gasteiger partial charge in [-0.2, -0.15) is 0 Å². The number of benzene rings is 3. The Labute approximate surface area is 146 Å². The minimum absolute atomic E-state index is 0.754. The van der Waals surface area contributed by atoms with Crippen LogP contribution in [0.15, 0.2) is 84.9 Å². The average molecular weight is 334 g/mol. The number of halogens is 1. The Morgan fingerprint density at radius 1 is 0.708 bits per heavy atom. The maximum absolute atomic E-state index is 6.78. The van der Waals surface area contributed by atoms with Crippen LogP contribution in [0.3, 0.4) is 0 Å². The maximum Gasteiger partial charge on any atom is 0.356 e. The first-order chi connectivity index (χ1) is 11.8. The summed E-state index contributed by atoms with van der Waals surface area (Å²) in [5.41, 5.74) is 4.79. The molecule has 24 heavy (non-hydrogen) atoms. The van der Waals surface area contributed by atoms with Crippen molar-refractivity contribution in [1.29, 1.82) is 0 Å². The molecule has 0 bridgehead atoms.